The summed E-state index contributed by atoms with van der Waals surface area (Å²) < 4.78 is 5.20. The second-order valence-electron chi connectivity index (χ2n) is 4.34. The van der Waals surface area contributed by atoms with E-state index >= 15 is 0 Å². The van der Waals surface area contributed by atoms with Gasteiger partial charge in [-0.3, -0.25) is 0 Å². The molecule has 3 rings (SSSR count). The summed E-state index contributed by atoms with van der Waals surface area (Å²) in [4.78, 5) is 11.6. The van der Waals surface area contributed by atoms with Gasteiger partial charge in [-0.2, -0.15) is 0 Å². The lowest BCUT2D eigenvalue weighted by molar-refractivity contribution is 0.561. The molecule has 0 unspecified atom stereocenters. The van der Waals surface area contributed by atoms with Crippen LogP contribution in [0.3, 0.4) is 0 Å². The molecule has 3 aromatic rings. The second kappa shape index (κ2) is 4.15. The number of para-hydroxylation sites is 1. The molecule has 1 aromatic heterocycles. The Balaban J connectivity index is 2.38. The lowest BCUT2D eigenvalue weighted by atomic mass is 10.0. The van der Waals surface area contributed by atoms with Crippen molar-refractivity contribution in [1.82, 2.24) is 0 Å². The van der Waals surface area contributed by atoms with Crippen LogP contribution in [0.15, 0.2) is 63.8 Å². The van der Waals surface area contributed by atoms with E-state index in [4.69, 9.17) is 4.42 Å². The van der Waals surface area contributed by atoms with E-state index < -0.39 is 0 Å². The molecule has 0 fully saturated rings. The molecule has 1 heterocycles. The molecule has 0 amide bonds. The highest BCUT2D eigenvalue weighted by molar-refractivity contribution is 5.93. The van der Waals surface area contributed by atoms with Gasteiger partial charge in [-0.25, -0.2) is 4.79 Å². The molecule has 18 heavy (non-hydrogen) atoms. The maximum absolute atomic E-state index is 11.6. The largest absolute Gasteiger partial charge is 0.423 e. The van der Waals surface area contributed by atoms with Gasteiger partial charge >= 0.3 is 5.63 Å². The summed E-state index contributed by atoms with van der Waals surface area (Å²) >= 11 is 0. The van der Waals surface area contributed by atoms with E-state index in [1.165, 1.54) is 5.56 Å². The SMILES string of the molecule is Cc1cccc(-c2cc(=O)oc3ccccc23)c1. The van der Waals surface area contributed by atoms with Crippen LogP contribution in [0.1, 0.15) is 5.56 Å². The topological polar surface area (TPSA) is 30.2 Å². The van der Waals surface area contributed by atoms with E-state index in [-0.39, 0.29) is 5.63 Å². The molecular formula is C16H12O2. The zero-order chi connectivity index (χ0) is 12.5. The average Bonchev–Trinajstić information content (AvgIpc) is 2.37. The molecule has 0 saturated carbocycles. The van der Waals surface area contributed by atoms with Crippen LogP contribution in [0.2, 0.25) is 0 Å². The molecule has 2 heteroatoms. The average molecular weight is 236 g/mol. The third kappa shape index (κ3) is 1.82. The Hall–Kier alpha value is -2.35. The van der Waals surface area contributed by atoms with Gasteiger partial charge in [0.05, 0.1) is 0 Å². The molecule has 0 radical (unpaired) electrons. The van der Waals surface area contributed by atoms with Crippen LogP contribution in [0.5, 0.6) is 0 Å². The standard InChI is InChI=1S/C16H12O2/c1-11-5-4-6-12(9-11)14-10-16(17)18-15-8-3-2-7-13(14)15/h2-10H,1H3. The van der Waals surface area contributed by atoms with Gasteiger partial charge in [0.2, 0.25) is 0 Å². The summed E-state index contributed by atoms with van der Waals surface area (Å²) in [6.45, 7) is 2.04. The van der Waals surface area contributed by atoms with Gasteiger partial charge in [-0.05, 0) is 24.1 Å². The van der Waals surface area contributed by atoms with E-state index in [1.807, 2.05) is 49.4 Å². The first-order chi connectivity index (χ1) is 8.74. The van der Waals surface area contributed by atoms with Gasteiger partial charge in [0, 0.05) is 11.5 Å². The lowest BCUT2D eigenvalue weighted by Gasteiger charge is -2.06. The first-order valence-electron chi connectivity index (χ1n) is 5.84. The zero-order valence-corrected chi connectivity index (χ0v) is 10.0. The monoisotopic (exact) mass is 236 g/mol. The summed E-state index contributed by atoms with van der Waals surface area (Å²) in [7, 11) is 0. The van der Waals surface area contributed by atoms with Crippen molar-refractivity contribution in [3.8, 4) is 11.1 Å². The van der Waals surface area contributed by atoms with Gasteiger partial charge in [0.1, 0.15) is 5.58 Å². The van der Waals surface area contributed by atoms with E-state index in [2.05, 4.69) is 6.07 Å². The number of aryl methyl sites for hydroxylation is 1. The Morgan fingerprint density at radius 3 is 2.61 bits per heavy atom. The van der Waals surface area contributed by atoms with Crippen LogP contribution in [-0.4, -0.2) is 0 Å². The van der Waals surface area contributed by atoms with Gasteiger partial charge in [-0.15, -0.1) is 0 Å². The Bertz CT molecular complexity index is 769. The van der Waals surface area contributed by atoms with Crippen LogP contribution >= 0.6 is 0 Å². The fourth-order valence-electron chi connectivity index (χ4n) is 2.16. The lowest BCUT2D eigenvalue weighted by Crippen LogP contribution is -1.97. The third-order valence-electron chi connectivity index (χ3n) is 2.98. The first-order valence-corrected chi connectivity index (χ1v) is 5.84. The van der Waals surface area contributed by atoms with Gasteiger partial charge in [0.25, 0.3) is 0 Å². The van der Waals surface area contributed by atoms with Gasteiger partial charge in [0.15, 0.2) is 0 Å². The molecule has 0 saturated heterocycles. The molecule has 0 atom stereocenters. The molecule has 0 N–H and O–H groups in total. The summed E-state index contributed by atoms with van der Waals surface area (Å²) in [5, 5.41) is 0.961. The van der Waals surface area contributed by atoms with Crippen molar-refractivity contribution in [3.05, 3.63) is 70.6 Å². The molecule has 0 aliphatic rings. The van der Waals surface area contributed by atoms with Crippen LogP contribution in [-0.2, 0) is 0 Å². The van der Waals surface area contributed by atoms with E-state index in [0.717, 1.165) is 16.5 Å². The Morgan fingerprint density at radius 1 is 0.944 bits per heavy atom. The summed E-state index contributed by atoms with van der Waals surface area (Å²) in [6, 6.07) is 17.3. The Morgan fingerprint density at radius 2 is 1.78 bits per heavy atom. The predicted molar refractivity (Wildman–Crippen MR) is 72.7 cm³/mol. The smallest absolute Gasteiger partial charge is 0.336 e. The van der Waals surface area contributed by atoms with Crippen molar-refractivity contribution in [2.45, 2.75) is 6.92 Å². The number of fused-ring (bicyclic) bond motifs is 1. The number of hydrogen-bond donors (Lipinski definition) is 0. The molecule has 0 spiro atoms. The highest BCUT2D eigenvalue weighted by Crippen LogP contribution is 2.27. The number of benzene rings is 2. The Labute approximate surface area is 105 Å². The fraction of sp³-hybridized carbons (Fsp3) is 0.0625. The Kier molecular flexibility index (Phi) is 2.49. The van der Waals surface area contributed by atoms with E-state index in [1.54, 1.807) is 6.07 Å². The maximum atomic E-state index is 11.6. The van der Waals surface area contributed by atoms with Crippen LogP contribution < -0.4 is 5.63 Å². The predicted octanol–water partition coefficient (Wildman–Crippen LogP) is 3.77. The minimum absolute atomic E-state index is 0.315. The summed E-state index contributed by atoms with van der Waals surface area (Å²) in [6.07, 6.45) is 0. The van der Waals surface area contributed by atoms with Crippen molar-refractivity contribution < 1.29 is 4.42 Å². The van der Waals surface area contributed by atoms with Crippen LogP contribution in [0.25, 0.3) is 22.1 Å². The minimum Gasteiger partial charge on any atom is -0.423 e. The highest BCUT2D eigenvalue weighted by atomic mass is 16.4. The third-order valence-corrected chi connectivity index (χ3v) is 2.98. The van der Waals surface area contributed by atoms with Crippen molar-refractivity contribution in [3.63, 3.8) is 0 Å². The molecule has 0 aliphatic heterocycles. The zero-order valence-electron chi connectivity index (χ0n) is 10.0. The molecule has 88 valence electrons. The number of hydrogen-bond acceptors (Lipinski definition) is 2. The molecule has 0 bridgehead atoms. The quantitative estimate of drug-likeness (QED) is 0.602. The summed E-state index contributed by atoms with van der Waals surface area (Å²) in [5.41, 5.74) is 3.45. The van der Waals surface area contributed by atoms with Crippen molar-refractivity contribution in [2.75, 3.05) is 0 Å². The normalized spacial score (nSPS) is 10.7. The van der Waals surface area contributed by atoms with Crippen molar-refractivity contribution in [2.24, 2.45) is 0 Å². The molecular weight excluding hydrogens is 224 g/mol. The fourth-order valence-corrected chi connectivity index (χ4v) is 2.16. The maximum Gasteiger partial charge on any atom is 0.336 e. The molecule has 2 nitrogen and oxygen atoms in total. The minimum atomic E-state index is -0.315. The van der Waals surface area contributed by atoms with Gasteiger partial charge in [-0.1, -0.05) is 48.0 Å². The van der Waals surface area contributed by atoms with E-state index in [9.17, 15) is 4.79 Å². The van der Waals surface area contributed by atoms with E-state index in [0.29, 0.717) is 5.58 Å². The van der Waals surface area contributed by atoms with Crippen LogP contribution in [0.4, 0.5) is 0 Å². The first kappa shape index (κ1) is 10.8. The summed E-state index contributed by atoms with van der Waals surface area (Å²) in [5.74, 6) is 0. The highest BCUT2D eigenvalue weighted by Gasteiger charge is 2.06. The second-order valence-corrected chi connectivity index (χ2v) is 4.34. The molecule has 0 aliphatic carbocycles. The van der Waals surface area contributed by atoms with Crippen LogP contribution in [0, 0.1) is 6.92 Å². The molecule has 2 aromatic carbocycles. The van der Waals surface area contributed by atoms with Crippen molar-refractivity contribution >= 4 is 11.0 Å². The number of rotatable bonds is 1. The van der Waals surface area contributed by atoms with Gasteiger partial charge < -0.3 is 4.42 Å². The van der Waals surface area contributed by atoms with Crippen molar-refractivity contribution in [1.29, 1.82) is 0 Å².